The lowest BCUT2D eigenvalue weighted by Crippen LogP contribution is -2.47. The van der Waals surface area contributed by atoms with Gasteiger partial charge in [0, 0.05) is 38.8 Å². The molecule has 0 bridgehead atoms. The molecule has 0 radical (unpaired) electrons. The van der Waals surface area contributed by atoms with Crippen LogP contribution in [0.25, 0.3) is 0 Å². The Hall–Kier alpha value is -1.04. The molecule has 21 heavy (non-hydrogen) atoms. The molecule has 2 rings (SSSR count). The molecule has 0 aliphatic carbocycles. The number of rotatable bonds is 6. The minimum absolute atomic E-state index is 0.254. The normalized spacial score (nSPS) is 16.2. The second kappa shape index (κ2) is 7.82. The Morgan fingerprint density at radius 1 is 1.24 bits per heavy atom. The summed E-state index contributed by atoms with van der Waals surface area (Å²) in [4.78, 5) is 19.3. The van der Waals surface area contributed by atoms with E-state index in [9.17, 15) is 4.79 Å². The molecule has 1 fully saturated rings. The van der Waals surface area contributed by atoms with Crippen molar-refractivity contribution in [2.24, 2.45) is 0 Å². The molecule has 1 aliphatic heterocycles. The summed E-state index contributed by atoms with van der Waals surface area (Å²) >= 11 is 12.0. The van der Waals surface area contributed by atoms with Crippen molar-refractivity contribution < 1.29 is 9.90 Å². The maximum absolute atomic E-state index is 10.5. The minimum Gasteiger partial charge on any atom is -0.481 e. The fourth-order valence-corrected chi connectivity index (χ4v) is 2.93. The monoisotopic (exact) mass is 331 g/mol. The molecule has 1 saturated heterocycles. The Labute approximate surface area is 134 Å². The van der Waals surface area contributed by atoms with Crippen molar-refractivity contribution in [2.75, 3.05) is 37.6 Å². The van der Waals surface area contributed by atoms with Gasteiger partial charge >= 0.3 is 5.97 Å². The van der Waals surface area contributed by atoms with Gasteiger partial charge in [-0.15, -0.1) is 0 Å². The summed E-state index contributed by atoms with van der Waals surface area (Å²) in [5.74, 6) is 0.0647. The summed E-state index contributed by atoms with van der Waals surface area (Å²) in [6.07, 6.45) is 3.53. The van der Waals surface area contributed by atoms with Crippen LogP contribution in [-0.2, 0) is 4.79 Å². The highest BCUT2D eigenvalue weighted by Crippen LogP contribution is 2.26. The number of anilines is 1. The molecule has 0 unspecified atom stereocenters. The molecule has 5 nitrogen and oxygen atoms in total. The van der Waals surface area contributed by atoms with Gasteiger partial charge in [0.05, 0.1) is 10.0 Å². The molecule has 0 atom stereocenters. The van der Waals surface area contributed by atoms with Gasteiger partial charge < -0.3 is 10.0 Å². The Balaban J connectivity index is 1.76. The molecule has 0 saturated carbocycles. The zero-order valence-corrected chi connectivity index (χ0v) is 13.3. The van der Waals surface area contributed by atoms with Crippen molar-refractivity contribution in [3.05, 3.63) is 22.3 Å². The summed E-state index contributed by atoms with van der Waals surface area (Å²) in [7, 11) is 0. The van der Waals surface area contributed by atoms with Crippen LogP contribution in [0.4, 0.5) is 5.82 Å². The number of hydrogen-bond donors (Lipinski definition) is 1. The third-order valence-corrected chi connectivity index (χ3v) is 4.06. The number of aromatic nitrogens is 1. The summed E-state index contributed by atoms with van der Waals surface area (Å²) in [6, 6.07) is 1.71. The molecule has 1 N–H and O–H groups in total. The van der Waals surface area contributed by atoms with Gasteiger partial charge in [-0.1, -0.05) is 23.2 Å². The van der Waals surface area contributed by atoms with E-state index in [4.69, 9.17) is 28.3 Å². The summed E-state index contributed by atoms with van der Waals surface area (Å²) < 4.78 is 0. The number of halogens is 2. The number of piperazine rings is 1. The van der Waals surface area contributed by atoms with Crippen molar-refractivity contribution in [1.82, 2.24) is 9.88 Å². The molecule has 2 heterocycles. The van der Waals surface area contributed by atoms with Crippen molar-refractivity contribution in [3.8, 4) is 0 Å². The highest BCUT2D eigenvalue weighted by atomic mass is 35.5. The quantitative estimate of drug-likeness (QED) is 0.812. The number of pyridine rings is 1. The van der Waals surface area contributed by atoms with Crippen molar-refractivity contribution in [2.45, 2.75) is 19.3 Å². The number of carboxylic acid groups (broad SMARTS) is 1. The second-order valence-corrected chi connectivity index (χ2v) is 5.98. The number of carbonyl (C=O) groups is 1. The zero-order chi connectivity index (χ0) is 15.2. The van der Waals surface area contributed by atoms with E-state index in [-0.39, 0.29) is 6.42 Å². The molecule has 116 valence electrons. The van der Waals surface area contributed by atoms with Crippen molar-refractivity contribution >= 4 is 35.0 Å². The molecular formula is C14H19Cl2N3O2. The molecule has 1 aliphatic rings. The fourth-order valence-electron chi connectivity index (χ4n) is 2.43. The van der Waals surface area contributed by atoms with Crippen LogP contribution in [-0.4, -0.2) is 53.7 Å². The average Bonchev–Trinajstić information content (AvgIpc) is 2.44. The van der Waals surface area contributed by atoms with Crippen LogP contribution < -0.4 is 4.90 Å². The van der Waals surface area contributed by atoms with Gasteiger partial charge in [0.1, 0.15) is 5.82 Å². The summed E-state index contributed by atoms with van der Waals surface area (Å²) in [5.41, 5.74) is 0. The molecule has 1 aromatic rings. The number of hydrogen-bond acceptors (Lipinski definition) is 4. The van der Waals surface area contributed by atoms with E-state index in [1.165, 1.54) is 0 Å². The first kappa shape index (κ1) is 16.3. The third-order valence-electron chi connectivity index (χ3n) is 3.58. The Morgan fingerprint density at radius 3 is 2.57 bits per heavy atom. The van der Waals surface area contributed by atoms with Crippen molar-refractivity contribution in [1.29, 1.82) is 0 Å². The number of nitrogens with zero attached hydrogens (tertiary/aromatic N) is 3. The topological polar surface area (TPSA) is 56.7 Å². The molecule has 0 amide bonds. The van der Waals surface area contributed by atoms with E-state index in [1.807, 2.05) is 0 Å². The lowest BCUT2D eigenvalue weighted by atomic mass is 10.2. The van der Waals surface area contributed by atoms with Gasteiger partial charge in [0.2, 0.25) is 0 Å². The zero-order valence-electron chi connectivity index (χ0n) is 11.8. The largest absolute Gasteiger partial charge is 0.481 e. The first-order valence-corrected chi connectivity index (χ1v) is 7.82. The van der Waals surface area contributed by atoms with Gasteiger partial charge in [-0.2, -0.15) is 0 Å². The molecule has 0 aromatic carbocycles. The maximum atomic E-state index is 10.5. The lowest BCUT2D eigenvalue weighted by Gasteiger charge is -2.35. The van der Waals surface area contributed by atoms with Gasteiger partial charge in [0.25, 0.3) is 0 Å². The predicted octanol–water partition coefficient (Wildman–Crippen LogP) is 2.77. The number of carboxylic acids is 1. The molecule has 7 heteroatoms. The van der Waals surface area contributed by atoms with Crippen LogP contribution in [0.15, 0.2) is 12.3 Å². The van der Waals surface area contributed by atoms with E-state index in [2.05, 4.69) is 14.8 Å². The van der Waals surface area contributed by atoms with Crippen LogP contribution in [0.5, 0.6) is 0 Å². The van der Waals surface area contributed by atoms with Crippen LogP contribution in [0, 0.1) is 0 Å². The second-order valence-electron chi connectivity index (χ2n) is 5.14. The average molecular weight is 332 g/mol. The van der Waals surface area contributed by atoms with Crippen LogP contribution in [0.2, 0.25) is 10.0 Å². The highest BCUT2D eigenvalue weighted by molar-refractivity contribution is 6.36. The van der Waals surface area contributed by atoms with E-state index in [0.29, 0.717) is 10.0 Å². The summed E-state index contributed by atoms with van der Waals surface area (Å²) in [5, 5.41) is 9.73. The minimum atomic E-state index is -0.719. The van der Waals surface area contributed by atoms with Crippen LogP contribution in [0.3, 0.4) is 0 Å². The van der Waals surface area contributed by atoms with E-state index in [0.717, 1.165) is 51.4 Å². The molecule has 1 aromatic heterocycles. The van der Waals surface area contributed by atoms with Gasteiger partial charge in [-0.05, 0) is 25.5 Å². The lowest BCUT2D eigenvalue weighted by molar-refractivity contribution is -0.137. The highest BCUT2D eigenvalue weighted by Gasteiger charge is 2.19. The van der Waals surface area contributed by atoms with Crippen molar-refractivity contribution in [3.63, 3.8) is 0 Å². The fraction of sp³-hybridized carbons (Fsp3) is 0.571. The van der Waals surface area contributed by atoms with E-state index < -0.39 is 5.97 Å². The van der Waals surface area contributed by atoms with E-state index >= 15 is 0 Å². The van der Waals surface area contributed by atoms with Gasteiger partial charge in [-0.25, -0.2) is 4.98 Å². The molecule has 0 spiro atoms. The van der Waals surface area contributed by atoms with Crippen LogP contribution in [0.1, 0.15) is 19.3 Å². The Bertz CT molecular complexity index is 491. The standard InChI is InChI=1S/C14H19Cl2N3O2/c15-11-9-12(16)14(17-10-11)19-7-5-18(6-8-19)4-2-1-3-13(20)21/h9-10H,1-8H2,(H,20,21). The van der Waals surface area contributed by atoms with Gasteiger partial charge in [0.15, 0.2) is 0 Å². The smallest absolute Gasteiger partial charge is 0.303 e. The SMILES string of the molecule is O=C(O)CCCCN1CCN(c2ncc(Cl)cc2Cl)CC1. The number of unbranched alkanes of at least 4 members (excludes halogenated alkanes) is 1. The third kappa shape index (κ3) is 5.02. The van der Waals surface area contributed by atoms with E-state index in [1.54, 1.807) is 12.3 Å². The van der Waals surface area contributed by atoms with Crippen LogP contribution >= 0.6 is 23.2 Å². The first-order valence-electron chi connectivity index (χ1n) is 7.06. The Kier molecular flexibility index (Phi) is 6.08. The molecular weight excluding hydrogens is 313 g/mol. The number of aliphatic carboxylic acids is 1. The Morgan fingerprint density at radius 2 is 1.95 bits per heavy atom. The first-order chi connectivity index (χ1) is 10.1. The van der Waals surface area contributed by atoms with Gasteiger partial charge in [-0.3, -0.25) is 9.69 Å². The maximum Gasteiger partial charge on any atom is 0.303 e. The predicted molar refractivity (Wildman–Crippen MR) is 84.4 cm³/mol. The summed E-state index contributed by atoms with van der Waals surface area (Å²) in [6.45, 7) is 4.56.